The molecule has 3 rings (SSSR count). The van der Waals surface area contributed by atoms with Gasteiger partial charge in [-0.1, -0.05) is 26.0 Å². The third kappa shape index (κ3) is 6.19. The molecule has 4 nitrogen and oxygen atoms in total. The van der Waals surface area contributed by atoms with E-state index in [4.69, 9.17) is 9.47 Å². The summed E-state index contributed by atoms with van der Waals surface area (Å²) >= 11 is 0. The molecule has 0 N–H and O–H groups in total. The number of carbonyl (C=O) groups is 2. The number of ether oxygens (including phenoxy) is 2. The predicted molar refractivity (Wildman–Crippen MR) is 120 cm³/mol. The minimum absolute atomic E-state index is 0.120. The summed E-state index contributed by atoms with van der Waals surface area (Å²) in [5, 5.41) is 0. The molecule has 1 aliphatic rings. The zero-order valence-electron chi connectivity index (χ0n) is 19.1. The van der Waals surface area contributed by atoms with Gasteiger partial charge in [0.2, 0.25) is 0 Å². The number of benzene rings is 2. The lowest BCUT2D eigenvalue weighted by molar-refractivity contribution is -0.0108. The monoisotopic (exact) mass is 410 g/mol. The molecule has 0 radical (unpaired) electrons. The number of hydrogen-bond donors (Lipinski definition) is 0. The summed E-state index contributed by atoms with van der Waals surface area (Å²) in [6.45, 7) is 12.0. The average molecular weight is 411 g/mol. The van der Waals surface area contributed by atoms with Crippen LogP contribution < -0.4 is 0 Å². The minimum Gasteiger partial charge on any atom is -0.459 e. The van der Waals surface area contributed by atoms with E-state index in [1.165, 1.54) is 0 Å². The number of esters is 2. The van der Waals surface area contributed by atoms with Crippen LogP contribution in [0.2, 0.25) is 0 Å². The van der Waals surface area contributed by atoms with Crippen LogP contribution in [0.25, 0.3) is 0 Å². The Balaban J connectivity index is 0.00000155. The first-order valence-corrected chi connectivity index (χ1v) is 10.9. The van der Waals surface area contributed by atoms with Gasteiger partial charge in [-0.15, -0.1) is 0 Å². The van der Waals surface area contributed by atoms with Crippen molar-refractivity contribution in [2.45, 2.75) is 79.4 Å². The van der Waals surface area contributed by atoms with Crippen LogP contribution >= 0.6 is 0 Å². The molecule has 0 spiro atoms. The van der Waals surface area contributed by atoms with Gasteiger partial charge in [-0.05, 0) is 99.9 Å². The Labute approximate surface area is 180 Å². The zero-order valence-corrected chi connectivity index (χ0v) is 19.1. The summed E-state index contributed by atoms with van der Waals surface area (Å²) in [4.78, 5) is 24.7. The van der Waals surface area contributed by atoms with Gasteiger partial charge < -0.3 is 9.47 Å². The largest absolute Gasteiger partial charge is 0.459 e. The first-order valence-electron chi connectivity index (χ1n) is 10.9. The van der Waals surface area contributed by atoms with Gasteiger partial charge in [0.25, 0.3) is 0 Å². The Morgan fingerprint density at radius 3 is 1.27 bits per heavy atom. The molecule has 0 bridgehead atoms. The molecule has 0 saturated heterocycles. The molecule has 0 aliphatic heterocycles. The minimum atomic E-state index is -0.279. The van der Waals surface area contributed by atoms with E-state index >= 15 is 0 Å². The molecule has 4 heteroatoms. The fraction of sp³-hybridized carbons (Fsp3) is 0.462. The van der Waals surface area contributed by atoms with Gasteiger partial charge in [0.05, 0.1) is 11.1 Å². The van der Waals surface area contributed by atoms with Gasteiger partial charge >= 0.3 is 11.9 Å². The molecule has 1 saturated carbocycles. The van der Waals surface area contributed by atoms with Crippen molar-refractivity contribution in [3.8, 4) is 0 Å². The van der Waals surface area contributed by atoms with Gasteiger partial charge in [-0.3, -0.25) is 0 Å². The van der Waals surface area contributed by atoms with Crippen LogP contribution in [0.4, 0.5) is 0 Å². The van der Waals surface area contributed by atoms with E-state index < -0.39 is 0 Å². The standard InChI is InChI=1S/C24H28O4.C2H6/c1-15-5-7-19(13-17(15)3)23(25)27-21-9-11-22(12-10-21)28-24(26)20-8-6-16(2)18(4)14-20;1-2/h5-8,13-14,21-22H,9-12H2,1-4H3;1-2H3. The normalized spacial score (nSPS) is 18.1. The van der Waals surface area contributed by atoms with Crippen LogP contribution in [0.15, 0.2) is 36.4 Å². The Morgan fingerprint density at radius 1 is 0.633 bits per heavy atom. The molecular formula is C26H34O4. The van der Waals surface area contributed by atoms with E-state index in [9.17, 15) is 9.59 Å². The smallest absolute Gasteiger partial charge is 0.338 e. The fourth-order valence-electron chi connectivity index (χ4n) is 3.44. The number of carbonyl (C=O) groups excluding carboxylic acids is 2. The summed E-state index contributed by atoms with van der Waals surface area (Å²) in [5.74, 6) is -0.558. The molecule has 1 fully saturated rings. The van der Waals surface area contributed by atoms with E-state index in [-0.39, 0.29) is 24.1 Å². The Morgan fingerprint density at radius 2 is 0.967 bits per heavy atom. The third-order valence-electron chi connectivity index (χ3n) is 5.65. The van der Waals surface area contributed by atoms with Crippen molar-refractivity contribution >= 4 is 11.9 Å². The lowest BCUT2D eigenvalue weighted by Gasteiger charge is -2.28. The van der Waals surface area contributed by atoms with E-state index in [1.807, 2.05) is 77.9 Å². The quantitative estimate of drug-likeness (QED) is 0.557. The fourth-order valence-corrected chi connectivity index (χ4v) is 3.44. The molecule has 1 aliphatic carbocycles. The maximum absolute atomic E-state index is 12.4. The van der Waals surface area contributed by atoms with Gasteiger partial charge in [0.1, 0.15) is 12.2 Å². The maximum atomic E-state index is 12.4. The van der Waals surface area contributed by atoms with Crippen molar-refractivity contribution in [3.63, 3.8) is 0 Å². The highest BCUT2D eigenvalue weighted by atomic mass is 16.6. The zero-order chi connectivity index (χ0) is 22.3. The van der Waals surface area contributed by atoms with Gasteiger partial charge in [-0.2, -0.15) is 0 Å². The van der Waals surface area contributed by atoms with E-state index in [2.05, 4.69) is 0 Å². The summed E-state index contributed by atoms with van der Waals surface area (Å²) in [6, 6.07) is 11.2. The Hall–Kier alpha value is -2.62. The second kappa shape index (κ2) is 11.0. The molecule has 0 atom stereocenters. The summed E-state index contributed by atoms with van der Waals surface area (Å²) in [7, 11) is 0. The van der Waals surface area contributed by atoms with Crippen molar-refractivity contribution in [2.75, 3.05) is 0 Å². The van der Waals surface area contributed by atoms with Crippen molar-refractivity contribution in [1.82, 2.24) is 0 Å². The van der Waals surface area contributed by atoms with E-state index in [0.717, 1.165) is 22.3 Å². The first-order chi connectivity index (χ1) is 14.3. The number of rotatable bonds is 4. The SMILES string of the molecule is CC.Cc1ccc(C(=O)OC2CCC(OC(=O)c3ccc(C)c(C)c3)CC2)cc1C. The highest BCUT2D eigenvalue weighted by Gasteiger charge is 2.27. The molecule has 0 amide bonds. The molecule has 2 aromatic carbocycles. The second-order valence-corrected chi connectivity index (χ2v) is 7.81. The lowest BCUT2D eigenvalue weighted by atomic mass is 9.94. The summed E-state index contributed by atoms with van der Waals surface area (Å²) < 4.78 is 11.3. The highest BCUT2D eigenvalue weighted by Crippen LogP contribution is 2.25. The van der Waals surface area contributed by atoms with Gasteiger partial charge in [0, 0.05) is 0 Å². The molecule has 0 heterocycles. The first kappa shape index (κ1) is 23.7. The maximum Gasteiger partial charge on any atom is 0.338 e. The number of hydrogen-bond acceptors (Lipinski definition) is 4. The second-order valence-electron chi connectivity index (χ2n) is 7.81. The van der Waals surface area contributed by atoms with Crippen molar-refractivity contribution in [1.29, 1.82) is 0 Å². The Bertz CT molecular complexity index is 803. The molecule has 0 unspecified atom stereocenters. The van der Waals surface area contributed by atoms with Crippen molar-refractivity contribution < 1.29 is 19.1 Å². The van der Waals surface area contributed by atoms with Crippen LogP contribution in [0, 0.1) is 27.7 Å². The van der Waals surface area contributed by atoms with Crippen LogP contribution in [0.3, 0.4) is 0 Å². The number of aryl methyl sites for hydroxylation is 4. The average Bonchev–Trinajstić information content (AvgIpc) is 2.74. The van der Waals surface area contributed by atoms with Crippen molar-refractivity contribution in [2.24, 2.45) is 0 Å². The van der Waals surface area contributed by atoms with Crippen LogP contribution in [0.5, 0.6) is 0 Å². The van der Waals surface area contributed by atoms with E-state index in [0.29, 0.717) is 36.8 Å². The summed E-state index contributed by atoms with van der Waals surface area (Å²) in [5.41, 5.74) is 5.65. The topological polar surface area (TPSA) is 52.6 Å². The highest BCUT2D eigenvalue weighted by molar-refractivity contribution is 5.90. The molecule has 2 aromatic rings. The van der Waals surface area contributed by atoms with Gasteiger partial charge in [-0.25, -0.2) is 9.59 Å². The van der Waals surface area contributed by atoms with Crippen LogP contribution in [0.1, 0.15) is 82.5 Å². The molecule has 162 valence electrons. The molecule has 30 heavy (non-hydrogen) atoms. The molecule has 0 aromatic heterocycles. The third-order valence-corrected chi connectivity index (χ3v) is 5.65. The molecular weight excluding hydrogens is 376 g/mol. The van der Waals surface area contributed by atoms with Crippen molar-refractivity contribution in [3.05, 3.63) is 69.8 Å². The lowest BCUT2D eigenvalue weighted by Crippen LogP contribution is -2.29. The predicted octanol–water partition coefficient (Wildman–Crippen LogP) is 6.27. The van der Waals surface area contributed by atoms with Crippen LogP contribution in [-0.2, 0) is 9.47 Å². The summed E-state index contributed by atoms with van der Waals surface area (Å²) in [6.07, 6.45) is 2.60. The van der Waals surface area contributed by atoms with E-state index in [1.54, 1.807) is 0 Å². The van der Waals surface area contributed by atoms with Gasteiger partial charge in [0.15, 0.2) is 0 Å². The Kier molecular flexibility index (Phi) is 8.64. The van der Waals surface area contributed by atoms with Crippen LogP contribution in [-0.4, -0.2) is 24.1 Å².